The molecule has 0 N–H and O–H groups in total. The van der Waals surface area contributed by atoms with Crippen molar-refractivity contribution in [1.82, 2.24) is 9.80 Å². The van der Waals surface area contributed by atoms with Crippen molar-refractivity contribution in [2.24, 2.45) is 0 Å². The molecule has 32 heavy (non-hydrogen) atoms. The monoisotopic (exact) mass is 448 g/mol. The van der Waals surface area contributed by atoms with Gasteiger partial charge in [0.1, 0.15) is 0 Å². The molecule has 0 spiro atoms. The lowest BCUT2D eigenvalue weighted by Crippen LogP contribution is -2.65. The summed E-state index contributed by atoms with van der Waals surface area (Å²) in [6.07, 6.45) is 7.34. The Kier molecular flexibility index (Phi) is 11.4. The van der Waals surface area contributed by atoms with Crippen LogP contribution in [0.4, 0.5) is 0 Å². The van der Waals surface area contributed by atoms with Crippen LogP contribution in [0.1, 0.15) is 67.7 Å². The van der Waals surface area contributed by atoms with Gasteiger partial charge in [-0.05, 0) is 53.0 Å². The molecule has 0 fully saturated rings. The van der Waals surface area contributed by atoms with E-state index in [4.69, 9.17) is 9.47 Å². The van der Waals surface area contributed by atoms with E-state index in [2.05, 4.69) is 31.9 Å². The molecule has 1 aliphatic carbocycles. The van der Waals surface area contributed by atoms with E-state index in [0.29, 0.717) is 31.7 Å². The van der Waals surface area contributed by atoms with Crippen LogP contribution in [0, 0.1) is 0 Å². The van der Waals surface area contributed by atoms with Crippen LogP contribution in [0.3, 0.4) is 0 Å². The van der Waals surface area contributed by atoms with Gasteiger partial charge in [0.05, 0.1) is 24.9 Å². The summed E-state index contributed by atoms with van der Waals surface area (Å²) in [5.74, 6) is -0.341. The van der Waals surface area contributed by atoms with Gasteiger partial charge in [-0.15, -0.1) is 13.2 Å². The zero-order valence-corrected chi connectivity index (χ0v) is 21.2. The minimum atomic E-state index is -0.432. The average Bonchev–Trinajstić information content (AvgIpc) is 2.71. The molecule has 1 rings (SSSR count). The first-order valence-electron chi connectivity index (χ1n) is 11.8. The second kappa shape index (κ2) is 12.9. The molecular weight excluding hydrogens is 404 g/mol. The maximum atomic E-state index is 13.0. The predicted molar refractivity (Wildman–Crippen MR) is 130 cm³/mol. The van der Waals surface area contributed by atoms with Gasteiger partial charge >= 0.3 is 5.97 Å². The summed E-state index contributed by atoms with van der Waals surface area (Å²) in [5, 5.41) is 0. The molecule has 3 atom stereocenters. The fourth-order valence-electron chi connectivity index (χ4n) is 4.60. The van der Waals surface area contributed by atoms with Crippen molar-refractivity contribution in [3.63, 3.8) is 0 Å². The fourth-order valence-corrected chi connectivity index (χ4v) is 4.60. The molecule has 0 heterocycles. The molecule has 0 unspecified atom stereocenters. The summed E-state index contributed by atoms with van der Waals surface area (Å²) >= 11 is 0. The second-order valence-electron chi connectivity index (χ2n) is 9.30. The van der Waals surface area contributed by atoms with E-state index in [1.54, 1.807) is 13.8 Å². The van der Waals surface area contributed by atoms with Crippen LogP contribution in [0.25, 0.3) is 0 Å². The van der Waals surface area contributed by atoms with Crippen molar-refractivity contribution < 1.29 is 19.1 Å². The van der Waals surface area contributed by atoms with E-state index in [-0.39, 0.29) is 30.1 Å². The van der Waals surface area contributed by atoms with E-state index in [1.165, 1.54) is 0 Å². The van der Waals surface area contributed by atoms with Crippen molar-refractivity contribution in [3.8, 4) is 0 Å². The molecule has 1 aliphatic rings. The van der Waals surface area contributed by atoms with Gasteiger partial charge in [0.15, 0.2) is 0 Å². The quantitative estimate of drug-likeness (QED) is 0.325. The number of rotatable bonds is 12. The van der Waals surface area contributed by atoms with Gasteiger partial charge in [-0.3, -0.25) is 9.69 Å². The van der Waals surface area contributed by atoms with Crippen molar-refractivity contribution in [2.75, 3.05) is 19.7 Å². The van der Waals surface area contributed by atoms with Gasteiger partial charge in [-0.1, -0.05) is 26.0 Å². The zero-order chi connectivity index (χ0) is 24.5. The third kappa shape index (κ3) is 7.31. The average molecular weight is 449 g/mol. The standard InChI is InChI=1S/C26H44N2O4/c1-10-15-27(16-11-2)22-17-20(25(30)31-14-5)18-23(32-21(12-3)13-4)24(22)28(19(6)29)26(7,8)9/h10-11,18,21-24H,1-2,12-17H2,3-9H3/t22-,23-,24-/m1/s1. The van der Waals surface area contributed by atoms with E-state index < -0.39 is 11.6 Å². The number of nitrogens with zero attached hydrogens (tertiary/aromatic N) is 2. The van der Waals surface area contributed by atoms with Crippen LogP contribution >= 0.6 is 0 Å². The van der Waals surface area contributed by atoms with Crippen LogP contribution in [-0.4, -0.2) is 71.2 Å². The fraction of sp³-hybridized carbons (Fsp3) is 0.692. The first-order valence-corrected chi connectivity index (χ1v) is 11.8. The predicted octanol–water partition coefficient (Wildman–Crippen LogP) is 4.51. The lowest BCUT2D eigenvalue weighted by molar-refractivity contribution is -0.149. The summed E-state index contributed by atoms with van der Waals surface area (Å²) in [7, 11) is 0. The van der Waals surface area contributed by atoms with Gasteiger partial charge in [0.2, 0.25) is 5.91 Å². The van der Waals surface area contributed by atoms with Gasteiger partial charge in [-0.2, -0.15) is 0 Å². The summed E-state index contributed by atoms with van der Waals surface area (Å²) in [6, 6.07) is -0.427. The molecule has 0 saturated heterocycles. The highest BCUT2D eigenvalue weighted by atomic mass is 16.5. The van der Waals surface area contributed by atoms with Crippen molar-refractivity contribution in [1.29, 1.82) is 0 Å². The minimum absolute atomic E-state index is 0.0178. The van der Waals surface area contributed by atoms with Crippen molar-refractivity contribution in [2.45, 2.75) is 97.6 Å². The highest BCUT2D eigenvalue weighted by Crippen LogP contribution is 2.34. The zero-order valence-electron chi connectivity index (χ0n) is 21.2. The van der Waals surface area contributed by atoms with Gasteiger partial charge in [0.25, 0.3) is 0 Å². The van der Waals surface area contributed by atoms with Crippen LogP contribution in [0.2, 0.25) is 0 Å². The number of ether oxygens (including phenoxy) is 2. The van der Waals surface area contributed by atoms with Gasteiger partial charge in [0, 0.05) is 37.2 Å². The van der Waals surface area contributed by atoms with Crippen LogP contribution in [0.5, 0.6) is 0 Å². The molecule has 6 nitrogen and oxygen atoms in total. The number of amides is 1. The molecule has 0 aliphatic heterocycles. The molecule has 0 aromatic carbocycles. The van der Waals surface area contributed by atoms with Crippen molar-refractivity contribution in [3.05, 3.63) is 37.0 Å². The minimum Gasteiger partial charge on any atom is -0.463 e. The summed E-state index contributed by atoms with van der Waals surface area (Å²) in [5.41, 5.74) is 0.174. The van der Waals surface area contributed by atoms with E-state index >= 15 is 0 Å². The molecule has 0 aromatic heterocycles. The maximum Gasteiger partial charge on any atom is 0.333 e. The smallest absolute Gasteiger partial charge is 0.333 e. The van der Waals surface area contributed by atoms with E-state index in [1.807, 2.05) is 43.9 Å². The number of carbonyl (C=O) groups excluding carboxylic acids is 2. The Morgan fingerprint density at radius 3 is 2.12 bits per heavy atom. The maximum absolute atomic E-state index is 13.0. The Morgan fingerprint density at radius 2 is 1.72 bits per heavy atom. The lowest BCUT2D eigenvalue weighted by atomic mass is 9.83. The lowest BCUT2D eigenvalue weighted by Gasteiger charge is -2.51. The topological polar surface area (TPSA) is 59.1 Å². The highest BCUT2D eigenvalue weighted by Gasteiger charge is 2.46. The van der Waals surface area contributed by atoms with Crippen LogP contribution < -0.4 is 0 Å². The Labute approximate surface area is 195 Å². The highest BCUT2D eigenvalue weighted by molar-refractivity contribution is 5.89. The summed E-state index contributed by atoms with van der Waals surface area (Å²) < 4.78 is 11.9. The van der Waals surface area contributed by atoms with E-state index in [9.17, 15) is 9.59 Å². The largest absolute Gasteiger partial charge is 0.463 e. The normalized spacial score (nSPS) is 21.3. The number of esters is 1. The molecule has 1 amide bonds. The Bertz CT molecular complexity index is 666. The van der Waals surface area contributed by atoms with Gasteiger partial charge < -0.3 is 14.4 Å². The first kappa shape index (κ1) is 28.1. The SMILES string of the molecule is C=CCN(CC=C)[C@@H]1CC(C(=O)OCC)=C[C@@H](OC(CC)CC)[C@@H]1N(C(C)=O)C(C)(C)C. The number of carbonyl (C=O) groups is 2. The number of hydrogen-bond donors (Lipinski definition) is 0. The third-order valence-electron chi connectivity index (χ3n) is 5.88. The Hall–Kier alpha value is -1.92. The summed E-state index contributed by atoms with van der Waals surface area (Å²) in [6.45, 7) is 23.1. The van der Waals surface area contributed by atoms with Crippen LogP contribution in [0.15, 0.2) is 37.0 Å². The molecule has 0 bridgehead atoms. The molecule has 6 heteroatoms. The number of hydrogen-bond acceptors (Lipinski definition) is 5. The second-order valence-corrected chi connectivity index (χ2v) is 9.30. The Balaban J connectivity index is 3.69. The first-order chi connectivity index (χ1) is 15.0. The van der Waals surface area contributed by atoms with Crippen LogP contribution in [-0.2, 0) is 19.1 Å². The Morgan fingerprint density at radius 1 is 1.16 bits per heavy atom. The molecular formula is C26H44N2O4. The third-order valence-corrected chi connectivity index (χ3v) is 5.88. The molecule has 182 valence electrons. The molecule has 0 saturated carbocycles. The van der Waals surface area contributed by atoms with Gasteiger partial charge in [-0.25, -0.2) is 4.79 Å². The van der Waals surface area contributed by atoms with Crippen molar-refractivity contribution >= 4 is 11.9 Å². The molecule has 0 aromatic rings. The van der Waals surface area contributed by atoms with E-state index in [0.717, 1.165) is 12.8 Å². The molecule has 0 radical (unpaired) electrons. The summed E-state index contributed by atoms with van der Waals surface area (Å²) in [4.78, 5) is 29.9.